The lowest BCUT2D eigenvalue weighted by molar-refractivity contribution is 0.516. The van der Waals surface area contributed by atoms with E-state index in [1.54, 1.807) is 12.1 Å². The third-order valence-corrected chi connectivity index (χ3v) is 2.51. The van der Waals surface area contributed by atoms with Crippen LogP contribution in [0.5, 0.6) is 0 Å². The van der Waals surface area contributed by atoms with Gasteiger partial charge in [0.1, 0.15) is 5.82 Å². The van der Waals surface area contributed by atoms with Gasteiger partial charge in [0.05, 0.1) is 6.42 Å². The van der Waals surface area contributed by atoms with Crippen LogP contribution in [-0.4, -0.2) is 10.2 Å². The van der Waals surface area contributed by atoms with Crippen molar-refractivity contribution in [3.8, 4) is 0 Å². The first-order chi connectivity index (χ1) is 7.16. The van der Waals surface area contributed by atoms with E-state index in [1.165, 1.54) is 6.07 Å². The maximum Gasteiger partial charge on any atom is 0.312 e. The van der Waals surface area contributed by atoms with Gasteiger partial charge in [-0.15, -0.1) is 14.3 Å². The minimum absolute atomic E-state index is 0.00774. The molecule has 15 heavy (non-hydrogen) atoms. The third-order valence-electron chi connectivity index (χ3n) is 1.97. The summed E-state index contributed by atoms with van der Waals surface area (Å²) in [6.07, 6.45) is 0.246. The van der Waals surface area contributed by atoms with Crippen molar-refractivity contribution in [3.05, 3.63) is 35.5 Å². The van der Waals surface area contributed by atoms with E-state index in [1.807, 2.05) is 0 Å². The molecule has 1 unspecified atom stereocenters. The standard InChI is InChI=1S/C9H9FN3OP/c10-6-2-1-3-7(15)5(6)4-8-12-13-9(11)14-8/h1-3H,4,15H2,(H2,11,13). The molecule has 0 spiro atoms. The first-order valence-electron chi connectivity index (χ1n) is 4.27. The van der Waals surface area contributed by atoms with Crippen LogP contribution in [-0.2, 0) is 6.42 Å². The zero-order valence-electron chi connectivity index (χ0n) is 7.77. The summed E-state index contributed by atoms with van der Waals surface area (Å²) in [6, 6.07) is 4.82. The Balaban J connectivity index is 2.31. The molecule has 0 bridgehead atoms. The Morgan fingerprint density at radius 1 is 1.40 bits per heavy atom. The summed E-state index contributed by atoms with van der Waals surface area (Å²) in [5.41, 5.74) is 5.79. The van der Waals surface area contributed by atoms with Gasteiger partial charge in [-0.2, -0.15) is 0 Å². The molecule has 2 rings (SSSR count). The van der Waals surface area contributed by atoms with Crippen LogP contribution in [0.15, 0.2) is 22.6 Å². The van der Waals surface area contributed by atoms with Crippen molar-refractivity contribution in [2.45, 2.75) is 6.42 Å². The van der Waals surface area contributed by atoms with Crippen molar-refractivity contribution >= 4 is 20.6 Å². The Morgan fingerprint density at radius 2 is 2.20 bits per heavy atom. The van der Waals surface area contributed by atoms with Crippen LogP contribution in [0.1, 0.15) is 11.5 Å². The average Bonchev–Trinajstić information content (AvgIpc) is 2.58. The maximum absolute atomic E-state index is 13.4. The van der Waals surface area contributed by atoms with Crippen LogP contribution >= 0.6 is 9.24 Å². The molecule has 0 aliphatic rings. The quantitative estimate of drug-likeness (QED) is 0.770. The predicted octanol–water partition coefficient (Wildman–Crippen LogP) is 0.882. The molecule has 0 fully saturated rings. The number of aromatic nitrogens is 2. The average molecular weight is 225 g/mol. The number of nitrogens with two attached hydrogens (primary N) is 1. The van der Waals surface area contributed by atoms with Crippen LogP contribution in [0.2, 0.25) is 0 Å². The Hall–Kier alpha value is -1.48. The SMILES string of the molecule is Nc1nnc(Cc2c(F)cccc2P)o1. The van der Waals surface area contributed by atoms with E-state index in [0.29, 0.717) is 11.5 Å². The highest BCUT2D eigenvalue weighted by Gasteiger charge is 2.10. The van der Waals surface area contributed by atoms with Gasteiger partial charge in [-0.3, -0.25) is 0 Å². The van der Waals surface area contributed by atoms with Crippen molar-refractivity contribution in [3.63, 3.8) is 0 Å². The van der Waals surface area contributed by atoms with E-state index < -0.39 is 0 Å². The molecular weight excluding hydrogens is 216 g/mol. The second-order valence-corrected chi connectivity index (χ2v) is 3.64. The summed E-state index contributed by atoms with van der Waals surface area (Å²) < 4.78 is 18.4. The fraction of sp³-hybridized carbons (Fsp3) is 0.111. The molecule has 0 aliphatic carbocycles. The number of rotatable bonds is 2. The monoisotopic (exact) mass is 225 g/mol. The largest absolute Gasteiger partial charge is 0.408 e. The van der Waals surface area contributed by atoms with Gasteiger partial charge in [-0.25, -0.2) is 4.39 Å². The van der Waals surface area contributed by atoms with Gasteiger partial charge in [0.15, 0.2) is 0 Å². The zero-order valence-corrected chi connectivity index (χ0v) is 8.93. The maximum atomic E-state index is 13.4. The molecule has 78 valence electrons. The highest BCUT2D eigenvalue weighted by Crippen LogP contribution is 2.13. The Morgan fingerprint density at radius 3 is 2.80 bits per heavy atom. The lowest BCUT2D eigenvalue weighted by Gasteiger charge is -2.03. The van der Waals surface area contributed by atoms with E-state index in [4.69, 9.17) is 10.2 Å². The fourth-order valence-corrected chi connectivity index (χ4v) is 1.60. The first kappa shape index (κ1) is 10.1. The molecule has 1 aromatic carbocycles. The van der Waals surface area contributed by atoms with E-state index in [9.17, 15) is 4.39 Å². The second kappa shape index (κ2) is 3.95. The number of nitrogen functional groups attached to an aromatic ring is 1. The van der Waals surface area contributed by atoms with E-state index in [2.05, 4.69) is 19.4 Å². The van der Waals surface area contributed by atoms with Gasteiger partial charge in [0, 0.05) is 5.56 Å². The topological polar surface area (TPSA) is 64.9 Å². The summed E-state index contributed by atoms with van der Waals surface area (Å²) in [4.78, 5) is 0. The molecule has 0 saturated carbocycles. The van der Waals surface area contributed by atoms with Crippen LogP contribution in [0.3, 0.4) is 0 Å². The number of halogens is 1. The van der Waals surface area contributed by atoms with Gasteiger partial charge >= 0.3 is 6.01 Å². The normalized spacial score (nSPS) is 10.5. The molecule has 0 amide bonds. The number of hydrogen-bond donors (Lipinski definition) is 1. The Labute approximate surface area is 87.9 Å². The molecule has 0 aliphatic heterocycles. The molecule has 1 atom stereocenters. The van der Waals surface area contributed by atoms with Gasteiger partial charge in [-0.05, 0) is 11.4 Å². The molecule has 2 aromatic rings. The second-order valence-electron chi connectivity index (χ2n) is 3.02. The van der Waals surface area contributed by atoms with Crippen molar-refractivity contribution < 1.29 is 8.81 Å². The minimum atomic E-state index is -0.292. The van der Waals surface area contributed by atoms with Crippen LogP contribution < -0.4 is 11.0 Å². The van der Waals surface area contributed by atoms with E-state index in [0.717, 1.165) is 5.30 Å². The zero-order chi connectivity index (χ0) is 10.8. The number of anilines is 1. The number of benzene rings is 1. The van der Waals surface area contributed by atoms with Crippen molar-refractivity contribution in [1.29, 1.82) is 0 Å². The minimum Gasteiger partial charge on any atom is -0.408 e. The summed E-state index contributed by atoms with van der Waals surface area (Å²) in [5, 5.41) is 7.95. The highest BCUT2D eigenvalue weighted by molar-refractivity contribution is 7.27. The number of nitrogens with zero attached hydrogens (tertiary/aromatic N) is 2. The summed E-state index contributed by atoms with van der Waals surface area (Å²) in [6.45, 7) is 0. The summed E-state index contributed by atoms with van der Waals surface area (Å²) >= 11 is 0. The highest BCUT2D eigenvalue weighted by atomic mass is 31.0. The van der Waals surface area contributed by atoms with Gasteiger partial charge < -0.3 is 10.2 Å². The fourth-order valence-electron chi connectivity index (χ4n) is 1.25. The van der Waals surface area contributed by atoms with Gasteiger partial charge in [0.25, 0.3) is 0 Å². The summed E-state index contributed by atoms with van der Waals surface area (Å²) in [7, 11) is 2.46. The lowest BCUT2D eigenvalue weighted by atomic mass is 10.1. The molecule has 6 heteroatoms. The first-order valence-corrected chi connectivity index (χ1v) is 4.85. The summed E-state index contributed by atoms with van der Waals surface area (Å²) in [5.74, 6) is 0.0144. The van der Waals surface area contributed by atoms with Gasteiger partial charge in [0.2, 0.25) is 5.89 Å². The van der Waals surface area contributed by atoms with Crippen molar-refractivity contribution in [2.75, 3.05) is 5.73 Å². The molecule has 2 N–H and O–H groups in total. The molecule has 1 heterocycles. The van der Waals surface area contributed by atoms with Crippen molar-refractivity contribution in [1.82, 2.24) is 10.2 Å². The molecule has 0 radical (unpaired) electrons. The lowest BCUT2D eigenvalue weighted by Crippen LogP contribution is -2.05. The van der Waals surface area contributed by atoms with Crippen LogP contribution in [0.4, 0.5) is 10.4 Å². The van der Waals surface area contributed by atoms with Crippen LogP contribution in [0, 0.1) is 5.82 Å². The smallest absolute Gasteiger partial charge is 0.312 e. The third kappa shape index (κ3) is 2.13. The molecule has 0 saturated heterocycles. The number of hydrogen-bond acceptors (Lipinski definition) is 4. The van der Waals surface area contributed by atoms with E-state index >= 15 is 0 Å². The Bertz CT molecular complexity index is 466. The van der Waals surface area contributed by atoms with Gasteiger partial charge in [-0.1, -0.05) is 17.2 Å². The predicted molar refractivity (Wildman–Crippen MR) is 57.3 cm³/mol. The molecule has 1 aromatic heterocycles. The van der Waals surface area contributed by atoms with Crippen LogP contribution in [0.25, 0.3) is 0 Å². The Kier molecular flexibility index (Phi) is 2.64. The molecule has 4 nitrogen and oxygen atoms in total. The van der Waals surface area contributed by atoms with E-state index in [-0.39, 0.29) is 18.3 Å². The van der Waals surface area contributed by atoms with Crippen molar-refractivity contribution in [2.24, 2.45) is 0 Å². The molecular formula is C9H9FN3OP.